The first-order valence-corrected chi connectivity index (χ1v) is 9.47. The van der Waals surface area contributed by atoms with Gasteiger partial charge < -0.3 is 4.90 Å². The average Bonchev–Trinajstić information content (AvgIpc) is 3.19. The Morgan fingerprint density at radius 1 is 1.00 bits per heavy atom. The third kappa shape index (κ3) is 5.59. The molecule has 0 saturated carbocycles. The zero-order valence-electron chi connectivity index (χ0n) is 15.2. The van der Waals surface area contributed by atoms with Gasteiger partial charge in [0.05, 0.1) is 0 Å². The predicted molar refractivity (Wildman–Crippen MR) is 102 cm³/mol. The van der Waals surface area contributed by atoms with Crippen LogP contribution in [0.1, 0.15) is 25.7 Å². The van der Waals surface area contributed by atoms with Gasteiger partial charge in [0.2, 0.25) is 11.8 Å². The topological polar surface area (TPSA) is 64.7 Å². The molecule has 1 aromatic rings. The van der Waals surface area contributed by atoms with Crippen molar-refractivity contribution in [2.75, 3.05) is 37.6 Å². The molecule has 2 amide bonds. The number of allylic oxidation sites excluding steroid dienone is 2. The molecule has 2 aliphatic rings. The van der Waals surface area contributed by atoms with Gasteiger partial charge in [-0.05, 0) is 30.9 Å². The van der Waals surface area contributed by atoms with Crippen LogP contribution >= 0.6 is 0 Å². The summed E-state index contributed by atoms with van der Waals surface area (Å²) < 4.78 is 0. The number of nitrogens with zero attached hydrogens (tertiary/aromatic N) is 2. The number of para-hydroxylation sites is 1. The normalized spacial score (nSPS) is 20.2. The second kappa shape index (κ2) is 9.38. The summed E-state index contributed by atoms with van der Waals surface area (Å²) in [7, 11) is 0. The number of benzene rings is 1. The molecule has 1 fully saturated rings. The molecular weight excluding hydrogens is 328 g/mol. The highest BCUT2D eigenvalue weighted by Crippen LogP contribution is 2.19. The molecular formula is C20H28N4O2. The first kappa shape index (κ1) is 18.5. The summed E-state index contributed by atoms with van der Waals surface area (Å²) in [5.74, 6) is 0.0602. The fraction of sp³-hybridized carbons (Fsp3) is 0.500. The molecule has 1 atom stereocenters. The Kier molecular flexibility index (Phi) is 6.66. The highest BCUT2D eigenvalue weighted by molar-refractivity contribution is 5.82. The molecule has 3 rings (SSSR count). The third-order valence-electron chi connectivity index (χ3n) is 5.05. The van der Waals surface area contributed by atoms with Crippen LogP contribution in [0, 0.1) is 5.92 Å². The first-order chi connectivity index (χ1) is 12.7. The Labute approximate surface area is 155 Å². The minimum Gasteiger partial charge on any atom is -0.369 e. The minimum absolute atomic E-state index is 0.119. The summed E-state index contributed by atoms with van der Waals surface area (Å²) in [6.45, 7) is 4.55. The summed E-state index contributed by atoms with van der Waals surface area (Å²) in [6.07, 6.45) is 7.09. The van der Waals surface area contributed by atoms with E-state index in [0.717, 1.165) is 45.6 Å². The van der Waals surface area contributed by atoms with E-state index in [0.29, 0.717) is 18.8 Å². The molecule has 1 heterocycles. The molecule has 0 radical (unpaired) electrons. The van der Waals surface area contributed by atoms with Gasteiger partial charge in [0, 0.05) is 51.3 Å². The Hall–Kier alpha value is -2.34. The largest absolute Gasteiger partial charge is 0.369 e. The molecule has 1 aromatic carbocycles. The van der Waals surface area contributed by atoms with Crippen molar-refractivity contribution in [2.45, 2.75) is 25.7 Å². The van der Waals surface area contributed by atoms with E-state index in [1.165, 1.54) is 5.69 Å². The van der Waals surface area contributed by atoms with Crippen molar-refractivity contribution in [3.63, 3.8) is 0 Å². The number of hydrazine groups is 1. The molecule has 1 saturated heterocycles. The van der Waals surface area contributed by atoms with Gasteiger partial charge >= 0.3 is 0 Å². The summed E-state index contributed by atoms with van der Waals surface area (Å²) >= 11 is 0. The van der Waals surface area contributed by atoms with Crippen molar-refractivity contribution in [3.8, 4) is 0 Å². The predicted octanol–water partition coefficient (Wildman–Crippen LogP) is 1.70. The van der Waals surface area contributed by atoms with E-state index in [1.54, 1.807) is 0 Å². The average molecular weight is 356 g/mol. The first-order valence-electron chi connectivity index (χ1n) is 9.47. The molecule has 2 N–H and O–H groups in total. The number of anilines is 1. The maximum atomic E-state index is 11.9. The minimum atomic E-state index is -0.134. The van der Waals surface area contributed by atoms with Crippen LogP contribution in [-0.2, 0) is 9.59 Å². The van der Waals surface area contributed by atoms with Gasteiger partial charge in [-0.1, -0.05) is 30.4 Å². The van der Waals surface area contributed by atoms with Gasteiger partial charge in [0.25, 0.3) is 0 Å². The highest BCUT2D eigenvalue weighted by Gasteiger charge is 2.18. The van der Waals surface area contributed by atoms with Crippen molar-refractivity contribution in [3.05, 3.63) is 42.5 Å². The number of amides is 2. The van der Waals surface area contributed by atoms with Crippen LogP contribution in [-0.4, -0.2) is 49.4 Å². The zero-order valence-corrected chi connectivity index (χ0v) is 15.2. The summed E-state index contributed by atoms with van der Waals surface area (Å²) in [4.78, 5) is 28.4. The highest BCUT2D eigenvalue weighted by atomic mass is 16.2. The molecule has 0 aromatic heterocycles. The summed E-state index contributed by atoms with van der Waals surface area (Å²) in [5.41, 5.74) is 6.31. The zero-order chi connectivity index (χ0) is 18.2. The van der Waals surface area contributed by atoms with Gasteiger partial charge in [-0.3, -0.25) is 25.3 Å². The van der Waals surface area contributed by atoms with Crippen molar-refractivity contribution in [1.82, 2.24) is 15.8 Å². The molecule has 6 nitrogen and oxygen atoms in total. The maximum absolute atomic E-state index is 11.9. The van der Waals surface area contributed by atoms with Gasteiger partial charge in [0.15, 0.2) is 0 Å². The van der Waals surface area contributed by atoms with Gasteiger partial charge in [0.1, 0.15) is 0 Å². The van der Waals surface area contributed by atoms with E-state index in [4.69, 9.17) is 0 Å². The molecule has 0 bridgehead atoms. The Morgan fingerprint density at radius 2 is 1.73 bits per heavy atom. The van der Waals surface area contributed by atoms with Crippen LogP contribution in [0.4, 0.5) is 5.69 Å². The molecule has 1 aliphatic carbocycles. The van der Waals surface area contributed by atoms with Gasteiger partial charge in [-0.15, -0.1) is 0 Å². The lowest BCUT2D eigenvalue weighted by molar-refractivity contribution is -0.129. The molecule has 6 heteroatoms. The lowest BCUT2D eigenvalue weighted by atomic mass is 10.1. The molecule has 140 valence electrons. The van der Waals surface area contributed by atoms with E-state index in [-0.39, 0.29) is 11.8 Å². The van der Waals surface area contributed by atoms with Crippen molar-refractivity contribution < 1.29 is 9.59 Å². The molecule has 0 spiro atoms. The van der Waals surface area contributed by atoms with Crippen molar-refractivity contribution in [2.24, 2.45) is 5.92 Å². The number of hydrogen-bond acceptors (Lipinski definition) is 4. The number of piperazine rings is 1. The number of hydrogen-bond donors (Lipinski definition) is 2. The van der Waals surface area contributed by atoms with E-state index >= 15 is 0 Å². The molecule has 1 aliphatic heterocycles. The van der Waals surface area contributed by atoms with Gasteiger partial charge in [-0.25, -0.2) is 0 Å². The van der Waals surface area contributed by atoms with Crippen LogP contribution < -0.4 is 15.8 Å². The standard InChI is InChI=1S/C20H28N4O2/c25-19(21-22-20(26)16-17-6-4-5-7-17)10-11-23-12-14-24(15-13-23)18-8-2-1-3-9-18/h1-4,6,8-9,17H,5,7,10-16H2,(H,21,25)(H,22,26). The molecule has 1 unspecified atom stereocenters. The second-order valence-electron chi connectivity index (χ2n) is 6.98. The Bertz CT molecular complexity index is 624. The number of nitrogens with one attached hydrogen (secondary N) is 2. The van der Waals surface area contributed by atoms with E-state index in [1.807, 2.05) is 6.07 Å². The third-order valence-corrected chi connectivity index (χ3v) is 5.05. The smallest absolute Gasteiger partial charge is 0.239 e. The fourth-order valence-electron chi connectivity index (χ4n) is 3.48. The number of carbonyl (C=O) groups is 2. The lowest BCUT2D eigenvalue weighted by Gasteiger charge is -2.36. The van der Waals surface area contributed by atoms with Crippen LogP contribution in [0.5, 0.6) is 0 Å². The Balaban J connectivity index is 1.29. The number of carbonyl (C=O) groups excluding carboxylic acids is 2. The SMILES string of the molecule is O=C(CCN1CCN(c2ccccc2)CC1)NNC(=O)CC1C=CCC1. The fourth-order valence-corrected chi connectivity index (χ4v) is 3.48. The molecule has 26 heavy (non-hydrogen) atoms. The quantitative estimate of drug-likeness (QED) is 0.602. The van der Waals surface area contributed by atoms with Gasteiger partial charge in [-0.2, -0.15) is 0 Å². The Morgan fingerprint density at radius 3 is 2.42 bits per heavy atom. The second-order valence-corrected chi connectivity index (χ2v) is 6.98. The van der Waals surface area contributed by atoms with Crippen LogP contribution in [0.15, 0.2) is 42.5 Å². The van der Waals surface area contributed by atoms with E-state index in [2.05, 4.69) is 57.1 Å². The van der Waals surface area contributed by atoms with Crippen molar-refractivity contribution in [1.29, 1.82) is 0 Å². The van der Waals surface area contributed by atoms with E-state index < -0.39 is 0 Å². The van der Waals surface area contributed by atoms with Crippen LogP contribution in [0.25, 0.3) is 0 Å². The van der Waals surface area contributed by atoms with Crippen LogP contribution in [0.3, 0.4) is 0 Å². The van der Waals surface area contributed by atoms with E-state index in [9.17, 15) is 9.59 Å². The maximum Gasteiger partial charge on any atom is 0.239 e. The monoisotopic (exact) mass is 356 g/mol. The summed E-state index contributed by atoms with van der Waals surface area (Å²) in [6, 6.07) is 10.4. The lowest BCUT2D eigenvalue weighted by Crippen LogP contribution is -2.48. The summed E-state index contributed by atoms with van der Waals surface area (Å²) in [5, 5.41) is 0. The van der Waals surface area contributed by atoms with Crippen LogP contribution in [0.2, 0.25) is 0 Å². The van der Waals surface area contributed by atoms with Crippen molar-refractivity contribution >= 4 is 17.5 Å². The number of rotatable bonds is 6.